The molecule has 7 atom stereocenters. The highest BCUT2D eigenvalue weighted by Crippen LogP contribution is 2.29. The third-order valence-electron chi connectivity index (χ3n) is 12.4. The zero-order valence-corrected chi connectivity index (χ0v) is 35.6. The topological polar surface area (TPSA) is 189 Å². The quantitative estimate of drug-likeness (QED) is 0.173. The van der Waals surface area contributed by atoms with Crippen molar-refractivity contribution in [3.05, 3.63) is 35.9 Å². The van der Waals surface area contributed by atoms with Crippen LogP contribution in [-0.4, -0.2) is 143 Å². The Morgan fingerprint density at radius 2 is 1.28 bits per heavy atom. The van der Waals surface area contributed by atoms with Gasteiger partial charge in [0.25, 0.3) is 0 Å². The zero-order valence-electron chi connectivity index (χ0n) is 35.6. The Hall–Kier alpha value is -4.53. The van der Waals surface area contributed by atoms with Crippen LogP contribution in [0.15, 0.2) is 30.3 Å². The summed E-state index contributed by atoms with van der Waals surface area (Å²) >= 11 is 0. The second-order valence-electron chi connectivity index (χ2n) is 17.0. The minimum absolute atomic E-state index is 0.0138. The fraction of sp³-hybridized carbons (Fsp3) is 0.698. The first-order valence-corrected chi connectivity index (χ1v) is 21.2. The number of amides is 6. The number of nitrogens with one attached hydrogen (secondary N) is 3. The number of carbonyl (C=O) groups excluding carboxylic acids is 6. The molecule has 4 rings (SSSR count). The van der Waals surface area contributed by atoms with Gasteiger partial charge in [0.15, 0.2) is 0 Å². The first-order valence-electron chi connectivity index (χ1n) is 21.2. The van der Waals surface area contributed by atoms with E-state index in [1.807, 2.05) is 32.0 Å². The van der Waals surface area contributed by atoms with Crippen molar-refractivity contribution >= 4 is 41.4 Å². The molecule has 3 fully saturated rings. The molecule has 322 valence electrons. The second-order valence-corrected chi connectivity index (χ2v) is 17.0. The molecular formula is C43H67N7O8. The Labute approximate surface area is 344 Å². The number of likely N-dealkylation sites (N-methyl/N-ethyl adjacent to an activating group) is 3. The van der Waals surface area contributed by atoms with Gasteiger partial charge in [0.05, 0.1) is 6.04 Å². The van der Waals surface area contributed by atoms with Crippen molar-refractivity contribution in [1.29, 1.82) is 0 Å². The summed E-state index contributed by atoms with van der Waals surface area (Å²) in [6.07, 6.45) is 7.78. The van der Waals surface area contributed by atoms with Gasteiger partial charge in [0.1, 0.15) is 36.3 Å². The summed E-state index contributed by atoms with van der Waals surface area (Å²) in [5.41, 5.74) is 0.767. The molecule has 0 bridgehead atoms. The molecule has 15 nitrogen and oxygen atoms in total. The standard InChI is InChI=1S/C43H67N7O8/c1-27(2)24-33(40(54)50-23-15-21-35(50)42(56)48(7)36(43(57)58)26-31-18-12-9-13-19-31)46-38(52)32(25-30-16-10-8-11-17-30)45-37(51)29(4)47(6)41(55)34-20-14-22-49(34)39(53)28(3)44-5/h9,12-13,18-19,27-30,32-36,44H,8,10-11,14-17,20-26H2,1-7H3,(H,45,51)(H,46,52)(H,57,58)/t28-,29-,32-,33-,34-,35-,36-/m0/s1. The number of rotatable bonds is 18. The Morgan fingerprint density at radius 1 is 0.724 bits per heavy atom. The van der Waals surface area contributed by atoms with E-state index in [-0.39, 0.29) is 43.0 Å². The molecular weight excluding hydrogens is 743 g/mol. The van der Waals surface area contributed by atoms with Gasteiger partial charge in [-0.3, -0.25) is 28.8 Å². The average Bonchev–Trinajstić information content (AvgIpc) is 3.91. The molecule has 0 radical (unpaired) electrons. The van der Waals surface area contributed by atoms with Gasteiger partial charge in [0, 0.05) is 33.6 Å². The normalized spacial score (nSPS) is 21.1. The summed E-state index contributed by atoms with van der Waals surface area (Å²) in [5.74, 6) is -3.43. The number of carboxylic acids is 1. The van der Waals surface area contributed by atoms with E-state index >= 15 is 0 Å². The van der Waals surface area contributed by atoms with Gasteiger partial charge < -0.3 is 40.7 Å². The highest BCUT2D eigenvalue weighted by atomic mass is 16.4. The molecule has 1 aromatic carbocycles. The highest BCUT2D eigenvalue weighted by Gasteiger charge is 2.43. The molecule has 58 heavy (non-hydrogen) atoms. The Balaban J connectivity index is 1.50. The van der Waals surface area contributed by atoms with Crippen molar-refractivity contribution in [2.75, 3.05) is 34.2 Å². The third-order valence-corrected chi connectivity index (χ3v) is 12.4. The second kappa shape index (κ2) is 21.5. The molecule has 1 aliphatic carbocycles. The summed E-state index contributed by atoms with van der Waals surface area (Å²) in [7, 11) is 4.68. The lowest BCUT2D eigenvalue weighted by molar-refractivity contribution is -0.153. The molecule has 2 aliphatic heterocycles. The maximum absolute atomic E-state index is 14.4. The van der Waals surface area contributed by atoms with Crippen molar-refractivity contribution in [2.24, 2.45) is 11.8 Å². The lowest BCUT2D eigenvalue weighted by atomic mass is 9.84. The van der Waals surface area contributed by atoms with Crippen LogP contribution in [0.4, 0.5) is 0 Å². The van der Waals surface area contributed by atoms with Crippen LogP contribution in [0.3, 0.4) is 0 Å². The average molecular weight is 810 g/mol. The first-order chi connectivity index (χ1) is 27.5. The number of aliphatic carboxylic acids is 1. The SMILES string of the molecule is CN[C@@H](C)C(=O)N1CCC[C@H]1C(=O)N(C)[C@@H](C)C(=O)N[C@@H](CC1CCCCC1)C(=O)N[C@@H](CC(C)C)C(=O)N1CCC[C@H]1C(=O)N(C)[C@@H](Cc1ccccc1)C(=O)O. The monoisotopic (exact) mass is 810 g/mol. The van der Waals surface area contributed by atoms with E-state index in [1.165, 1.54) is 28.8 Å². The maximum atomic E-state index is 14.4. The van der Waals surface area contributed by atoms with Gasteiger partial charge in [-0.15, -0.1) is 0 Å². The molecule has 4 N–H and O–H groups in total. The van der Waals surface area contributed by atoms with Crippen molar-refractivity contribution < 1.29 is 38.7 Å². The molecule has 0 unspecified atom stereocenters. The van der Waals surface area contributed by atoms with Crippen molar-refractivity contribution in [2.45, 2.75) is 147 Å². The number of likely N-dealkylation sites (tertiary alicyclic amines) is 2. The van der Waals surface area contributed by atoms with Gasteiger partial charge in [-0.25, -0.2) is 4.79 Å². The minimum atomic E-state index is -1.15. The van der Waals surface area contributed by atoms with Gasteiger partial charge in [-0.1, -0.05) is 76.3 Å². The van der Waals surface area contributed by atoms with E-state index in [1.54, 1.807) is 37.9 Å². The largest absolute Gasteiger partial charge is 0.480 e. The summed E-state index contributed by atoms with van der Waals surface area (Å²) in [4.78, 5) is 101. The fourth-order valence-corrected chi connectivity index (χ4v) is 8.61. The Kier molecular flexibility index (Phi) is 17.1. The molecule has 1 aromatic rings. The maximum Gasteiger partial charge on any atom is 0.326 e. The van der Waals surface area contributed by atoms with Crippen LogP contribution < -0.4 is 16.0 Å². The third kappa shape index (κ3) is 11.8. The number of hydrogen-bond donors (Lipinski definition) is 4. The molecule has 6 amide bonds. The van der Waals surface area contributed by atoms with Crippen molar-refractivity contribution in [3.8, 4) is 0 Å². The highest BCUT2D eigenvalue weighted by molar-refractivity contribution is 5.97. The van der Waals surface area contributed by atoms with Crippen molar-refractivity contribution in [3.63, 3.8) is 0 Å². The van der Waals surface area contributed by atoms with Crippen LogP contribution in [0.25, 0.3) is 0 Å². The molecule has 1 saturated carbocycles. The van der Waals surface area contributed by atoms with Crippen LogP contribution in [0.1, 0.15) is 104 Å². The predicted octanol–water partition coefficient (Wildman–Crippen LogP) is 2.56. The van der Waals surface area contributed by atoms with Crippen molar-refractivity contribution in [1.82, 2.24) is 35.6 Å². The molecule has 2 saturated heterocycles. The molecule has 0 aromatic heterocycles. The first kappa shape index (κ1) is 46.2. The van der Waals surface area contributed by atoms with Crippen LogP contribution in [0, 0.1) is 11.8 Å². The van der Waals surface area contributed by atoms with E-state index in [2.05, 4.69) is 16.0 Å². The number of hydrogen-bond acceptors (Lipinski definition) is 8. The summed E-state index contributed by atoms with van der Waals surface area (Å²) in [5, 5.41) is 18.9. The van der Waals surface area contributed by atoms with Gasteiger partial charge in [-0.05, 0) is 76.8 Å². The summed E-state index contributed by atoms with van der Waals surface area (Å²) in [6.45, 7) is 7.94. The van der Waals surface area contributed by atoms with Crippen LogP contribution >= 0.6 is 0 Å². The van der Waals surface area contributed by atoms with E-state index < -0.39 is 71.9 Å². The van der Waals surface area contributed by atoms with E-state index in [4.69, 9.17) is 0 Å². The van der Waals surface area contributed by atoms with Crippen LogP contribution in [0.2, 0.25) is 0 Å². The summed E-state index contributed by atoms with van der Waals surface area (Å²) < 4.78 is 0. The fourth-order valence-electron chi connectivity index (χ4n) is 8.61. The molecule has 3 aliphatic rings. The van der Waals surface area contributed by atoms with Gasteiger partial charge in [0.2, 0.25) is 35.4 Å². The minimum Gasteiger partial charge on any atom is -0.480 e. The molecule has 15 heteroatoms. The zero-order chi connectivity index (χ0) is 42.7. The Morgan fingerprint density at radius 3 is 1.83 bits per heavy atom. The van der Waals surface area contributed by atoms with E-state index in [0.29, 0.717) is 38.6 Å². The smallest absolute Gasteiger partial charge is 0.326 e. The number of nitrogens with zero attached hydrogens (tertiary/aromatic N) is 4. The number of benzene rings is 1. The van der Waals surface area contributed by atoms with E-state index in [0.717, 1.165) is 37.7 Å². The predicted molar refractivity (Wildman–Crippen MR) is 219 cm³/mol. The molecule has 0 spiro atoms. The lowest BCUT2D eigenvalue weighted by Crippen LogP contribution is -2.59. The number of carbonyl (C=O) groups is 7. The lowest BCUT2D eigenvalue weighted by Gasteiger charge is -2.35. The summed E-state index contributed by atoms with van der Waals surface area (Å²) in [6, 6.07) is 2.96. The number of carboxylic acid groups (broad SMARTS) is 1. The van der Waals surface area contributed by atoms with Crippen LogP contribution in [-0.2, 0) is 40.0 Å². The van der Waals surface area contributed by atoms with Gasteiger partial charge >= 0.3 is 5.97 Å². The van der Waals surface area contributed by atoms with Crippen LogP contribution in [0.5, 0.6) is 0 Å². The Bertz CT molecular complexity index is 1600. The van der Waals surface area contributed by atoms with E-state index in [9.17, 15) is 38.7 Å². The van der Waals surface area contributed by atoms with Gasteiger partial charge in [-0.2, -0.15) is 0 Å². The molecule has 2 heterocycles.